The van der Waals surface area contributed by atoms with Crippen molar-refractivity contribution in [2.45, 2.75) is 6.42 Å². The molecule has 0 aliphatic rings. The maximum absolute atomic E-state index is 10.2. The van der Waals surface area contributed by atoms with Gasteiger partial charge in [0.1, 0.15) is 0 Å². The molecule has 0 aromatic rings. The summed E-state index contributed by atoms with van der Waals surface area (Å²) in [5.41, 5.74) is 15.1. The largest absolute Gasteiger partial charge is 0.370 e. The van der Waals surface area contributed by atoms with Gasteiger partial charge in [-0.2, -0.15) is 0 Å². The van der Waals surface area contributed by atoms with Gasteiger partial charge in [-0.15, -0.1) is 0 Å². The predicted octanol–water partition coefficient (Wildman–Crippen LogP) is -2.28. The fourth-order valence-corrected chi connectivity index (χ4v) is 0.624. The van der Waals surface area contributed by atoms with Crippen LogP contribution in [0.25, 0.3) is 0 Å². The van der Waals surface area contributed by atoms with E-state index < -0.39 is 0 Å². The number of primary amides is 1. The van der Waals surface area contributed by atoms with E-state index in [2.05, 4.69) is 10.3 Å². The van der Waals surface area contributed by atoms with E-state index in [0.29, 0.717) is 13.1 Å². The van der Waals surface area contributed by atoms with Crippen LogP contribution in [-0.4, -0.2) is 31.5 Å². The first-order chi connectivity index (χ1) is 5.63. The Kier molecular flexibility index (Phi) is 5.72. The summed E-state index contributed by atoms with van der Waals surface area (Å²) in [6.45, 7) is 1.44. The molecule has 0 atom stereocenters. The topological polar surface area (TPSA) is 120 Å². The van der Waals surface area contributed by atoms with Gasteiger partial charge in [0.2, 0.25) is 5.91 Å². The van der Waals surface area contributed by atoms with Gasteiger partial charge in [0.15, 0.2) is 5.96 Å². The van der Waals surface area contributed by atoms with Crippen molar-refractivity contribution >= 4 is 11.9 Å². The molecule has 0 spiro atoms. The average molecular weight is 173 g/mol. The van der Waals surface area contributed by atoms with Crippen molar-refractivity contribution in [2.24, 2.45) is 22.2 Å². The normalized spacial score (nSPS) is 9.33. The van der Waals surface area contributed by atoms with Gasteiger partial charge in [0.25, 0.3) is 0 Å². The molecule has 0 aliphatic carbocycles. The molecular weight excluding hydrogens is 158 g/mol. The minimum absolute atomic E-state index is 0.0879. The van der Waals surface area contributed by atoms with Gasteiger partial charge in [-0.1, -0.05) is 0 Å². The van der Waals surface area contributed by atoms with Gasteiger partial charge >= 0.3 is 0 Å². The molecule has 70 valence electrons. The van der Waals surface area contributed by atoms with Crippen molar-refractivity contribution in [3.63, 3.8) is 0 Å². The number of amides is 1. The van der Waals surface area contributed by atoms with Crippen LogP contribution in [0.1, 0.15) is 6.42 Å². The quantitative estimate of drug-likeness (QED) is 0.205. The molecule has 0 unspecified atom stereocenters. The molecule has 7 N–H and O–H groups in total. The van der Waals surface area contributed by atoms with Crippen molar-refractivity contribution in [3.8, 4) is 0 Å². The summed E-state index contributed by atoms with van der Waals surface area (Å²) < 4.78 is 0. The van der Waals surface area contributed by atoms with Crippen molar-refractivity contribution < 1.29 is 4.79 Å². The Bertz CT molecular complexity index is 163. The van der Waals surface area contributed by atoms with Crippen LogP contribution in [0.3, 0.4) is 0 Å². The average Bonchev–Trinajstić information content (AvgIpc) is 1.95. The predicted molar refractivity (Wildman–Crippen MR) is 47.4 cm³/mol. The summed E-state index contributed by atoms with van der Waals surface area (Å²) >= 11 is 0. The second kappa shape index (κ2) is 6.41. The molecule has 6 heteroatoms. The van der Waals surface area contributed by atoms with E-state index in [1.54, 1.807) is 0 Å². The van der Waals surface area contributed by atoms with Crippen LogP contribution >= 0.6 is 0 Å². The highest BCUT2D eigenvalue weighted by Gasteiger charge is 1.91. The lowest BCUT2D eigenvalue weighted by Crippen LogP contribution is -2.29. The third-order valence-electron chi connectivity index (χ3n) is 1.11. The van der Waals surface area contributed by atoms with Crippen LogP contribution in [0.5, 0.6) is 0 Å². The van der Waals surface area contributed by atoms with Gasteiger partial charge in [0, 0.05) is 6.54 Å². The van der Waals surface area contributed by atoms with Crippen LogP contribution in [0, 0.1) is 0 Å². The summed E-state index contributed by atoms with van der Waals surface area (Å²) in [6, 6.07) is 0. The molecule has 0 aromatic carbocycles. The Morgan fingerprint density at radius 3 is 2.50 bits per heavy atom. The zero-order valence-electron chi connectivity index (χ0n) is 6.92. The first-order valence-electron chi connectivity index (χ1n) is 3.67. The van der Waals surface area contributed by atoms with Gasteiger partial charge in [-0.05, 0) is 13.0 Å². The van der Waals surface area contributed by atoms with Crippen LogP contribution < -0.4 is 22.5 Å². The summed E-state index contributed by atoms with van der Waals surface area (Å²) in [6.07, 6.45) is 0.783. The van der Waals surface area contributed by atoms with Crippen LogP contribution in [0.15, 0.2) is 4.99 Å². The molecule has 0 radical (unpaired) electrons. The zero-order chi connectivity index (χ0) is 9.40. The van der Waals surface area contributed by atoms with E-state index >= 15 is 0 Å². The Labute approximate surface area is 71.2 Å². The Balaban J connectivity index is 3.11. The number of hydrogen-bond donors (Lipinski definition) is 4. The summed E-state index contributed by atoms with van der Waals surface area (Å²) in [5.74, 6) is -0.276. The first kappa shape index (κ1) is 10.7. The number of nitrogens with one attached hydrogen (secondary N) is 1. The Morgan fingerprint density at radius 1 is 1.33 bits per heavy atom. The fraction of sp³-hybridized carbons (Fsp3) is 0.667. The maximum atomic E-state index is 10.2. The number of carbonyl (C=O) groups excluding carboxylic acids is 1. The van der Waals surface area contributed by atoms with E-state index in [1.807, 2.05) is 0 Å². The number of aliphatic imine (C=N–C) groups is 1. The minimum atomic E-state index is -0.364. The Morgan fingerprint density at radius 2 is 2.00 bits per heavy atom. The van der Waals surface area contributed by atoms with E-state index in [1.165, 1.54) is 0 Å². The number of nitrogens with zero attached hydrogens (tertiary/aromatic N) is 1. The van der Waals surface area contributed by atoms with Crippen LogP contribution in [0.2, 0.25) is 0 Å². The molecule has 0 aliphatic heterocycles. The summed E-state index contributed by atoms with van der Waals surface area (Å²) in [7, 11) is 0. The molecule has 0 fully saturated rings. The molecule has 0 saturated carbocycles. The maximum Gasteiger partial charge on any atom is 0.231 e. The van der Waals surface area contributed by atoms with Crippen molar-refractivity contribution in [2.75, 3.05) is 19.6 Å². The van der Waals surface area contributed by atoms with Crippen molar-refractivity contribution in [3.05, 3.63) is 0 Å². The van der Waals surface area contributed by atoms with Crippen molar-refractivity contribution in [1.29, 1.82) is 0 Å². The fourth-order valence-electron chi connectivity index (χ4n) is 0.624. The lowest BCUT2D eigenvalue weighted by Gasteiger charge is -1.99. The number of guanidine groups is 1. The van der Waals surface area contributed by atoms with Gasteiger partial charge < -0.3 is 22.5 Å². The third-order valence-corrected chi connectivity index (χ3v) is 1.11. The lowest BCUT2D eigenvalue weighted by atomic mass is 10.4. The van der Waals surface area contributed by atoms with Crippen LogP contribution in [-0.2, 0) is 4.79 Å². The smallest absolute Gasteiger partial charge is 0.231 e. The minimum Gasteiger partial charge on any atom is -0.370 e. The monoisotopic (exact) mass is 173 g/mol. The molecule has 12 heavy (non-hydrogen) atoms. The molecule has 0 bridgehead atoms. The standard InChI is InChI=1S/C6H15N5O/c7-5(12)4-10-2-1-3-11-6(8)9/h10H,1-4H2,(H2,7,12)(H4,8,9,11). The highest BCUT2D eigenvalue weighted by atomic mass is 16.1. The highest BCUT2D eigenvalue weighted by Crippen LogP contribution is 1.77. The van der Waals surface area contributed by atoms with Gasteiger partial charge in [0.05, 0.1) is 6.54 Å². The SMILES string of the molecule is NC(=O)CNCCCN=C(N)N. The zero-order valence-corrected chi connectivity index (χ0v) is 6.92. The molecule has 0 aromatic heterocycles. The molecule has 0 saturated heterocycles. The third kappa shape index (κ3) is 8.70. The van der Waals surface area contributed by atoms with Crippen molar-refractivity contribution in [1.82, 2.24) is 5.32 Å². The van der Waals surface area contributed by atoms with E-state index in [9.17, 15) is 4.79 Å². The number of rotatable bonds is 6. The highest BCUT2D eigenvalue weighted by molar-refractivity contribution is 5.76. The molecular formula is C6H15N5O. The lowest BCUT2D eigenvalue weighted by molar-refractivity contribution is -0.117. The Hall–Kier alpha value is -1.30. The number of nitrogens with two attached hydrogens (primary N) is 3. The molecule has 6 nitrogen and oxygen atoms in total. The van der Waals surface area contributed by atoms with Gasteiger partial charge in [-0.25, -0.2) is 0 Å². The number of carbonyl (C=O) groups is 1. The number of hydrogen-bond acceptors (Lipinski definition) is 3. The van der Waals surface area contributed by atoms with Crippen LogP contribution in [0.4, 0.5) is 0 Å². The second-order valence-electron chi connectivity index (χ2n) is 2.30. The molecule has 0 heterocycles. The molecule has 1 amide bonds. The van der Waals surface area contributed by atoms with E-state index in [4.69, 9.17) is 17.2 Å². The van der Waals surface area contributed by atoms with E-state index in [-0.39, 0.29) is 18.4 Å². The first-order valence-corrected chi connectivity index (χ1v) is 3.67. The second-order valence-corrected chi connectivity index (χ2v) is 2.30. The summed E-state index contributed by atoms with van der Waals surface area (Å²) in [5, 5.41) is 2.83. The molecule has 0 rings (SSSR count). The van der Waals surface area contributed by atoms with E-state index in [0.717, 1.165) is 6.42 Å². The summed E-state index contributed by atoms with van der Waals surface area (Å²) in [4.78, 5) is 14.0. The van der Waals surface area contributed by atoms with Gasteiger partial charge in [-0.3, -0.25) is 9.79 Å².